The number of hydrogen-bond donors (Lipinski definition) is 1. The minimum Gasteiger partial charge on any atom is -0.488 e. The van der Waals surface area contributed by atoms with Crippen molar-refractivity contribution in [1.29, 1.82) is 0 Å². The fourth-order valence-corrected chi connectivity index (χ4v) is 3.18. The topological polar surface area (TPSA) is 75.7 Å². The third-order valence-corrected chi connectivity index (χ3v) is 5.45. The lowest BCUT2D eigenvalue weighted by Gasteiger charge is -2.19. The van der Waals surface area contributed by atoms with E-state index >= 15 is 0 Å². The highest BCUT2D eigenvalue weighted by molar-refractivity contribution is 7.89. The standard InChI is InChI=1S/C16H22N2O4S/c1-12(17-16(19)15-9-4-5-10-22-15)13-7-6-8-14(11-13)23(20,21)18(2)3/h6-9,11-12H,4-5,10H2,1-3H3,(H,17,19). The maximum atomic E-state index is 12.2. The summed E-state index contributed by atoms with van der Waals surface area (Å²) >= 11 is 0. The minimum absolute atomic E-state index is 0.203. The second-order valence-electron chi connectivity index (χ2n) is 5.61. The first-order chi connectivity index (χ1) is 10.8. The Morgan fingerprint density at radius 2 is 2.09 bits per heavy atom. The predicted molar refractivity (Wildman–Crippen MR) is 87.1 cm³/mol. The van der Waals surface area contributed by atoms with Crippen molar-refractivity contribution >= 4 is 15.9 Å². The van der Waals surface area contributed by atoms with Crippen LogP contribution in [0, 0.1) is 0 Å². The molecule has 2 rings (SSSR count). The van der Waals surface area contributed by atoms with Crippen molar-refractivity contribution in [2.75, 3.05) is 20.7 Å². The molecule has 0 saturated heterocycles. The van der Waals surface area contributed by atoms with Gasteiger partial charge >= 0.3 is 0 Å². The zero-order valence-corrected chi connectivity index (χ0v) is 14.4. The number of benzene rings is 1. The molecule has 1 aliphatic rings. The van der Waals surface area contributed by atoms with E-state index in [1.165, 1.54) is 14.1 Å². The molecule has 1 unspecified atom stereocenters. The summed E-state index contributed by atoms with van der Waals surface area (Å²) in [5.41, 5.74) is 0.720. The van der Waals surface area contributed by atoms with E-state index in [9.17, 15) is 13.2 Å². The normalized spacial score (nSPS) is 16.4. The van der Waals surface area contributed by atoms with E-state index in [-0.39, 0.29) is 16.8 Å². The maximum absolute atomic E-state index is 12.2. The molecule has 6 nitrogen and oxygen atoms in total. The van der Waals surface area contributed by atoms with E-state index in [0.717, 1.165) is 22.7 Å². The average Bonchev–Trinajstić information content (AvgIpc) is 2.55. The Balaban J connectivity index is 2.15. The van der Waals surface area contributed by atoms with Crippen LogP contribution >= 0.6 is 0 Å². The summed E-state index contributed by atoms with van der Waals surface area (Å²) in [7, 11) is -0.525. The third kappa shape index (κ3) is 4.11. The van der Waals surface area contributed by atoms with Gasteiger partial charge in [0.1, 0.15) is 0 Å². The van der Waals surface area contributed by atoms with Crippen LogP contribution in [0.5, 0.6) is 0 Å². The first-order valence-corrected chi connectivity index (χ1v) is 8.92. The summed E-state index contributed by atoms with van der Waals surface area (Å²) in [6, 6.07) is 6.25. The van der Waals surface area contributed by atoms with Crippen LogP contribution in [0.3, 0.4) is 0 Å². The average molecular weight is 338 g/mol. The van der Waals surface area contributed by atoms with Crippen LogP contribution in [-0.2, 0) is 19.6 Å². The Hall–Kier alpha value is -1.86. The van der Waals surface area contributed by atoms with Crippen molar-refractivity contribution in [3.8, 4) is 0 Å². The Bertz CT molecular complexity index is 711. The number of nitrogens with zero attached hydrogens (tertiary/aromatic N) is 1. The minimum atomic E-state index is -3.50. The lowest BCUT2D eigenvalue weighted by atomic mass is 10.1. The van der Waals surface area contributed by atoms with Crippen LogP contribution in [0.25, 0.3) is 0 Å². The number of hydrogen-bond acceptors (Lipinski definition) is 4. The maximum Gasteiger partial charge on any atom is 0.286 e. The van der Waals surface area contributed by atoms with Crippen LogP contribution in [0.2, 0.25) is 0 Å². The van der Waals surface area contributed by atoms with Gasteiger partial charge in [-0.3, -0.25) is 4.79 Å². The van der Waals surface area contributed by atoms with Gasteiger partial charge in [-0.05, 0) is 43.5 Å². The Kier molecular flexibility index (Phi) is 5.43. The number of sulfonamides is 1. The van der Waals surface area contributed by atoms with Gasteiger partial charge in [-0.1, -0.05) is 12.1 Å². The van der Waals surface area contributed by atoms with Gasteiger partial charge in [-0.2, -0.15) is 0 Å². The molecule has 0 aliphatic carbocycles. The van der Waals surface area contributed by atoms with Gasteiger partial charge in [-0.25, -0.2) is 12.7 Å². The van der Waals surface area contributed by atoms with Crippen LogP contribution in [0.4, 0.5) is 0 Å². The first-order valence-electron chi connectivity index (χ1n) is 7.48. The van der Waals surface area contributed by atoms with Gasteiger partial charge in [0.25, 0.3) is 5.91 Å². The molecule has 1 N–H and O–H groups in total. The molecular formula is C16H22N2O4S. The molecule has 0 spiro atoms. The first kappa shape index (κ1) is 17.5. The molecule has 1 heterocycles. The molecule has 126 valence electrons. The zero-order valence-electron chi connectivity index (χ0n) is 13.6. The lowest BCUT2D eigenvalue weighted by Crippen LogP contribution is -2.30. The molecule has 1 aromatic carbocycles. The van der Waals surface area contributed by atoms with E-state index in [1.54, 1.807) is 30.3 Å². The number of rotatable bonds is 5. The molecule has 0 saturated carbocycles. The molecule has 1 aromatic rings. The Morgan fingerprint density at radius 3 is 2.70 bits per heavy atom. The monoisotopic (exact) mass is 338 g/mol. The SMILES string of the molecule is CC(NC(=O)C1=CCCCO1)c1cccc(S(=O)(=O)N(C)C)c1. The molecule has 23 heavy (non-hydrogen) atoms. The summed E-state index contributed by atoms with van der Waals surface area (Å²) in [6.45, 7) is 2.35. The van der Waals surface area contributed by atoms with Gasteiger partial charge in [0, 0.05) is 14.1 Å². The fourth-order valence-electron chi connectivity index (χ4n) is 2.22. The van der Waals surface area contributed by atoms with Crippen LogP contribution in [-0.4, -0.2) is 39.3 Å². The van der Waals surface area contributed by atoms with E-state index < -0.39 is 10.0 Å². The summed E-state index contributed by atoms with van der Waals surface area (Å²) in [5, 5.41) is 2.83. The molecule has 7 heteroatoms. The predicted octanol–water partition coefficient (Wildman–Crippen LogP) is 1.81. The smallest absolute Gasteiger partial charge is 0.286 e. The number of amides is 1. The highest BCUT2D eigenvalue weighted by Crippen LogP contribution is 2.20. The van der Waals surface area contributed by atoms with Gasteiger partial charge in [-0.15, -0.1) is 0 Å². The molecule has 0 aromatic heterocycles. The largest absolute Gasteiger partial charge is 0.488 e. The Labute approximate surface area is 137 Å². The second kappa shape index (κ2) is 7.14. The number of ether oxygens (including phenoxy) is 1. The number of nitrogens with one attached hydrogen (secondary N) is 1. The van der Waals surface area contributed by atoms with Crippen LogP contribution < -0.4 is 5.32 Å². The number of allylic oxidation sites excluding steroid dienone is 1. The number of carbonyl (C=O) groups excluding carboxylic acids is 1. The Morgan fingerprint density at radius 1 is 1.35 bits per heavy atom. The zero-order chi connectivity index (χ0) is 17.0. The van der Waals surface area contributed by atoms with Crippen molar-refractivity contribution in [2.45, 2.75) is 30.7 Å². The molecule has 1 aliphatic heterocycles. The molecule has 1 atom stereocenters. The van der Waals surface area contributed by atoms with Gasteiger partial charge < -0.3 is 10.1 Å². The van der Waals surface area contributed by atoms with Gasteiger partial charge in [0.05, 0.1) is 17.5 Å². The molecular weight excluding hydrogens is 316 g/mol. The van der Waals surface area contributed by atoms with E-state index in [1.807, 2.05) is 6.92 Å². The summed E-state index contributed by atoms with van der Waals surface area (Å²) < 4.78 is 30.9. The van der Waals surface area contributed by atoms with E-state index in [0.29, 0.717) is 12.4 Å². The summed E-state index contributed by atoms with van der Waals surface area (Å²) in [5.74, 6) is 0.0539. The summed E-state index contributed by atoms with van der Waals surface area (Å²) in [6.07, 6.45) is 3.52. The van der Waals surface area contributed by atoms with Gasteiger partial charge in [0.15, 0.2) is 5.76 Å². The molecule has 1 amide bonds. The van der Waals surface area contributed by atoms with Gasteiger partial charge in [0.2, 0.25) is 10.0 Å². The molecule has 0 radical (unpaired) electrons. The van der Waals surface area contributed by atoms with Crippen molar-refractivity contribution in [2.24, 2.45) is 0 Å². The fraction of sp³-hybridized carbons (Fsp3) is 0.438. The van der Waals surface area contributed by atoms with Crippen molar-refractivity contribution in [1.82, 2.24) is 9.62 Å². The highest BCUT2D eigenvalue weighted by atomic mass is 32.2. The quantitative estimate of drug-likeness (QED) is 0.888. The molecule has 0 fully saturated rings. The van der Waals surface area contributed by atoms with Crippen molar-refractivity contribution in [3.63, 3.8) is 0 Å². The van der Waals surface area contributed by atoms with E-state index in [4.69, 9.17) is 4.74 Å². The van der Waals surface area contributed by atoms with Crippen molar-refractivity contribution in [3.05, 3.63) is 41.7 Å². The summed E-state index contributed by atoms with van der Waals surface area (Å²) in [4.78, 5) is 12.3. The van der Waals surface area contributed by atoms with Crippen LogP contribution in [0.15, 0.2) is 41.0 Å². The van der Waals surface area contributed by atoms with Crippen LogP contribution in [0.1, 0.15) is 31.4 Å². The lowest BCUT2D eigenvalue weighted by molar-refractivity contribution is -0.121. The molecule has 0 bridgehead atoms. The third-order valence-electron chi connectivity index (χ3n) is 3.64. The van der Waals surface area contributed by atoms with Crippen molar-refractivity contribution < 1.29 is 17.9 Å². The highest BCUT2D eigenvalue weighted by Gasteiger charge is 2.20. The second-order valence-corrected chi connectivity index (χ2v) is 7.77. The van der Waals surface area contributed by atoms with E-state index in [2.05, 4.69) is 5.32 Å². The number of carbonyl (C=O) groups is 1.